The summed E-state index contributed by atoms with van der Waals surface area (Å²) in [7, 11) is 1.64. The van der Waals surface area contributed by atoms with E-state index in [2.05, 4.69) is 19.6 Å². The maximum atomic E-state index is 4.90. The maximum absolute atomic E-state index is 4.90. The molecule has 0 atom stereocenters. The average Bonchev–Trinajstić information content (AvgIpc) is 2.10. The van der Waals surface area contributed by atoms with Crippen LogP contribution in [0.1, 0.15) is 39.0 Å². The van der Waals surface area contributed by atoms with E-state index in [0.29, 0.717) is 0 Å². The Bertz CT molecular complexity index is 136. The largest absolute Gasteiger partial charge is 0.497 e. The number of allylic oxidation sites excluding steroid dienone is 2. The van der Waals surface area contributed by atoms with Gasteiger partial charge in [0, 0.05) is 0 Å². The van der Waals surface area contributed by atoms with Crippen molar-refractivity contribution >= 4 is 0 Å². The van der Waals surface area contributed by atoms with Crippen LogP contribution in [0, 0.1) is 0 Å². The number of rotatable bonds is 7. The molecule has 0 heterocycles. The lowest BCUT2D eigenvalue weighted by atomic mass is 10.1. The second-order valence-electron chi connectivity index (χ2n) is 2.92. The van der Waals surface area contributed by atoms with Gasteiger partial charge in [-0.3, -0.25) is 0 Å². The topological polar surface area (TPSA) is 9.23 Å². The molecule has 1 heteroatoms. The van der Waals surface area contributed by atoms with Crippen molar-refractivity contribution in [2.45, 2.75) is 39.0 Å². The quantitative estimate of drug-likeness (QED) is 0.320. The summed E-state index contributed by atoms with van der Waals surface area (Å²) in [4.78, 5) is 0. The van der Waals surface area contributed by atoms with Crippen molar-refractivity contribution in [3.05, 3.63) is 24.5 Å². The molecule has 0 aromatic rings. The fraction of sp³-hybridized carbons (Fsp3) is 0.636. The molecule has 0 spiro atoms. The van der Waals surface area contributed by atoms with E-state index in [0.717, 1.165) is 12.2 Å². The second-order valence-corrected chi connectivity index (χ2v) is 2.92. The molecule has 1 nitrogen and oxygen atoms in total. The van der Waals surface area contributed by atoms with Gasteiger partial charge < -0.3 is 4.74 Å². The predicted molar refractivity (Wildman–Crippen MR) is 54.0 cm³/mol. The van der Waals surface area contributed by atoms with Crippen LogP contribution in [0.25, 0.3) is 0 Å². The third-order valence-electron chi connectivity index (χ3n) is 1.79. The molecule has 0 aliphatic heterocycles. The predicted octanol–water partition coefficient (Wildman–Crippen LogP) is 3.67. The summed E-state index contributed by atoms with van der Waals surface area (Å²) in [6.45, 7) is 5.92. The summed E-state index contributed by atoms with van der Waals surface area (Å²) in [5, 5.41) is 0. The molecule has 0 aliphatic carbocycles. The fourth-order valence-electron chi connectivity index (χ4n) is 0.972. The summed E-state index contributed by atoms with van der Waals surface area (Å²) in [6.07, 6.45) is 10.5. The van der Waals surface area contributed by atoms with Crippen molar-refractivity contribution in [1.82, 2.24) is 0 Å². The molecule has 0 aromatic heterocycles. The number of hydrogen-bond acceptors (Lipinski definition) is 1. The van der Waals surface area contributed by atoms with Crippen molar-refractivity contribution in [2.75, 3.05) is 7.11 Å². The van der Waals surface area contributed by atoms with Crippen LogP contribution in [0.2, 0.25) is 0 Å². The zero-order valence-electron chi connectivity index (χ0n) is 8.31. The molecule has 0 aliphatic rings. The standard InChI is InChI=1S/C11H20O/c1-4-5-6-7-8-9-10-11(2)12-3/h9-10H,2,4-8H2,1,3H3/b10-9-. The summed E-state index contributed by atoms with van der Waals surface area (Å²) >= 11 is 0. The molecule has 0 amide bonds. The number of hydrogen-bond donors (Lipinski definition) is 0. The van der Waals surface area contributed by atoms with Crippen LogP contribution in [-0.2, 0) is 4.74 Å². The highest BCUT2D eigenvalue weighted by atomic mass is 16.5. The molecule has 0 fully saturated rings. The smallest absolute Gasteiger partial charge is 0.111 e. The summed E-state index contributed by atoms with van der Waals surface area (Å²) < 4.78 is 4.90. The van der Waals surface area contributed by atoms with Crippen LogP contribution < -0.4 is 0 Å². The van der Waals surface area contributed by atoms with Crippen LogP contribution in [-0.4, -0.2) is 7.11 Å². The van der Waals surface area contributed by atoms with Gasteiger partial charge in [-0.25, -0.2) is 0 Å². The first kappa shape index (κ1) is 11.3. The number of methoxy groups -OCH3 is 1. The monoisotopic (exact) mass is 168 g/mol. The Labute approximate surface area is 76.1 Å². The molecule has 0 unspecified atom stereocenters. The molecule has 0 saturated heterocycles. The lowest BCUT2D eigenvalue weighted by molar-refractivity contribution is 0.308. The molecule has 0 N–H and O–H groups in total. The Balaban J connectivity index is 3.18. The molecule has 0 aromatic carbocycles. The van der Waals surface area contributed by atoms with E-state index in [1.165, 1.54) is 25.7 Å². The Hall–Kier alpha value is -0.720. The van der Waals surface area contributed by atoms with Crippen LogP contribution >= 0.6 is 0 Å². The molecular formula is C11H20O. The minimum Gasteiger partial charge on any atom is -0.497 e. The number of unbranched alkanes of at least 4 members (excludes halogenated alkanes) is 4. The van der Waals surface area contributed by atoms with Crippen molar-refractivity contribution in [1.29, 1.82) is 0 Å². The highest BCUT2D eigenvalue weighted by Gasteiger charge is 1.85. The second kappa shape index (κ2) is 8.38. The number of ether oxygens (including phenoxy) is 1. The molecule has 0 bridgehead atoms. The van der Waals surface area contributed by atoms with E-state index in [1.807, 2.05) is 6.08 Å². The Kier molecular flexibility index (Phi) is 7.87. The minimum atomic E-state index is 0.741. The van der Waals surface area contributed by atoms with Gasteiger partial charge in [0.15, 0.2) is 0 Å². The maximum Gasteiger partial charge on any atom is 0.111 e. The molecule has 0 saturated carbocycles. The van der Waals surface area contributed by atoms with Crippen molar-refractivity contribution in [3.63, 3.8) is 0 Å². The normalized spacial score (nSPS) is 10.5. The Morgan fingerprint density at radius 1 is 1.33 bits per heavy atom. The molecule has 12 heavy (non-hydrogen) atoms. The van der Waals surface area contributed by atoms with Crippen molar-refractivity contribution in [3.8, 4) is 0 Å². The Morgan fingerprint density at radius 3 is 2.67 bits per heavy atom. The van der Waals surface area contributed by atoms with Crippen LogP contribution in [0.3, 0.4) is 0 Å². The van der Waals surface area contributed by atoms with Gasteiger partial charge in [0.1, 0.15) is 5.76 Å². The zero-order valence-corrected chi connectivity index (χ0v) is 8.31. The van der Waals surface area contributed by atoms with Gasteiger partial charge >= 0.3 is 0 Å². The zero-order chi connectivity index (χ0) is 9.23. The highest BCUT2D eigenvalue weighted by Crippen LogP contribution is 2.04. The van der Waals surface area contributed by atoms with Crippen molar-refractivity contribution in [2.24, 2.45) is 0 Å². The third kappa shape index (κ3) is 7.39. The van der Waals surface area contributed by atoms with Gasteiger partial charge in [-0.05, 0) is 18.9 Å². The first-order chi connectivity index (χ1) is 5.81. The summed E-state index contributed by atoms with van der Waals surface area (Å²) in [5.74, 6) is 0.741. The van der Waals surface area contributed by atoms with Gasteiger partial charge in [-0.1, -0.05) is 38.8 Å². The Morgan fingerprint density at radius 2 is 2.08 bits per heavy atom. The fourth-order valence-corrected chi connectivity index (χ4v) is 0.972. The lowest BCUT2D eigenvalue weighted by Gasteiger charge is -1.96. The van der Waals surface area contributed by atoms with E-state index in [-0.39, 0.29) is 0 Å². The van der Waals surface area contributed by atoms with E-state index in [4.69, 9.17) is 4.74 Å². The van der Waals surface area contributed by atoms with Gasteiger partial charge in [0.05, 0.1) is 7.11 Å². The van der Waals surface area contributed by atoms with Crippen LogP contribution in [0.5, 0.6) is 0 Å². The van der Waals surface area contributed by atoms with Crippen molar-refractivity contribution < 1.29 is 4.74 Å². The minimum absolute atomic E-state index is 0.741. The SMILES string of the molecule is C=C(/C=C\CCCCCC)OC. The van der Waals surface area contributed by atoms with E-state index >= 15 is 0 Å². The molecular weight excluding hydrogens is 148 g/mol. The first-order valence-electron chi connectivity index (χ1n) is 4.70. The summed E-state index contributed by atoms with van der Waals surface area (Å²) in [5.41, 5.74) is 0. The van der Waals surface area contributed by atoms with E-state index in [1.54, 1.807) is 7.11 Å². The molecule has 70 valence electrons. The molecule has 0 rings (SSSR count). The van der Waals surface area contributed by atoms with Gasteiger partial charge in [0.2, 0.25) is 0 Å². The summed E-state index contributed by atoms with van der Waals surface area (Å²) in [6, 6.07) is 0. The first-order valence-corrected chi connectivity index (χ1v) is 4.70. The highest BCUT2D eigenvalue weighted by molar-refractivity contribution is 5.06. The van der Waals surface area contributed by atoms with E-state index < -0.39 is 0 Å². The van der Waals surface area contributed by atoms with Crippen LogP contribution in [0.15, 0.2) is 24.5 Å². The third-order valence-corrected chi connectivity index (χ3v) is 1.79. The lowest BCUT2D eigenvalue weighted by Crippen LogP contribution is -1.78. The molecule has 0 radical (unpaired) electrons. The van der Waals surface area contributed by atoms with Gasteiger partial charge in [-0.15, -0.1) is 0 Å². The average molecular weight is 168 g/mol. The van der Waals surface area contributed by atoms with Crippen LogP contribution in [0.4, 0.5) is 0 Å². The van der Waals surface area contributed by atoms with E-state index in [9.17, 15) is 0 Å². The van der Waals surface area contributed by atoms with Gasteiger partial charge in [-0.2, -0.15) is 0 Å². The van der Waals surface area contributed by atoms with Gasteiger partial charge in [0.25, 0.3) is 0 Å².